The van der Waals surface area contributed by atoms with Crippen LogP contribution in [0.2, 0.25) is 0 Å². The zero-order valence-electron chi connectivity index (χ0n) is 11.5. The Labute approximate surface area is 122 Å². The molecule has 21 heavy (non-hydrogen) atoms. The number of carbonyl (C=O) groups excluding carboxylic acids is 1. The predicted octanol–water partition coefficient (Wildman–Crippen LogP) is 0.714. The van der Waals surface area contributed by atoms with E-state index in [1.807, 2.05) is 12.1 Å². The molecular formula is C14H17N5O2. The highest BCUT2D eigenvalue weighted by Gasteiger charge is 2.36. The summed E-state index contributed by atoms with van der Waals surface area (Å²) in [4.78, 5) is 16.2. The zero-order chi connectivity index (χ0) is 14.7. The van der Waals surface area contributed by atoms with Gasteiger partial charge in [0.05, 0.1) is 5.69 Å². The van der Waals surface area contributed by atoms with Gasteiger partial charge in [-0.05, 0) is 25.0 Å². The minimum absolute atomic E-state index is 0.217. The minimum Gasteiger partial charge on any atom is -0.381 e. The number of nitrogens with two attached hydrogens (primary N) is 1. The number of carbonyl (C=O) groups is 1. The van der Waals surface area contributed by atoms with Crippen LogP contribution in [0.25, 0.3) is 5.69 Å². The highest BCUT2D eigenvalue weighted by Crippen LogP contribution is 2.20. The Balaban J connectivity index is 1.71. The van der Waals surface area contributed by atoms with Gasteiger partial charge in [0.15, 0.2) is 5.82 Å². The summed E-state index contributed by atoms with van der Waals surface area (Å²) < 4.78 is 6.91. The molecule has 1 saturated heterocycles. The van der Waals surface area contributed by atoms with E-state index in [0.717, 1.165) is 5.69 Å². The summed E-state index contributed by atoms with van der Waals surface area (Å²) in [7, 11) is 0. The Hall–Kier alpha value is -2.25. The molecule has 0 bridgehead atoms. The summed E-state index contributed by atoms with van der Waals surface area (Å²) in [5.41, 5.74) is 6.13. The van der Waals surface area contributed by atoms with Gasteiger partial charge in [0, 0.05) is 37.9 Å². The van der Waals surface area contributed by atoms with Crippen molar-refractivity contribution in [1.29, 1.82) is 0 Å². The number of pyridine rings is 1. The van der Waals surface area contributed by atoms with Crippen LogP contribution in [-0.2, 0) is 9.53 Å². The van der Waals surface area contributed by atoms with Crippen molar-refractivity contribution in [2.24, 2.45) is 5.73 Å². The van der Waals surface area contributed by atoms with E-state index in [9.17, 15) is 4.79 Å². The third kappa shape index (κ3) is 2.93. The minimum atomic E-state index is -0.876. The van der Waals surface area contributed by atoms with E-state index in [4.69, 9.17) is 10.5 Å². The van der Waals surface area contributed by atoms with Crippen molar-refractivity contribution < 1.29 is 9.53 Å². The molecule has 3 N–H and O–H groups in total. The van der Waals surface area contributed by atoms with Crippen LogP contribution in [0.15, 0.2) is 36.8 Å². The van der Waals surface area contributed by atoms with Crippen LogP contribution in [0.1, 0.15) is 12.8 Å². The van der Waals surface area contributed by atoms with E-state index in [0.29, 0.717) is 31.9 Å². The van der Waals surface area contributed by atoms with E-state index >= 15 is 0 Å². The van der Waals surface area contributed by atoms with Gasteiger partial charge < -0.3 is 15.8 Å². The number of anilines is 1. The second-order valence-corrected chi connectivity index (χ2v) is 5.07. The largest absolute Gasteiger partial charge is 0.381 e. The van der Waals surface area contributed by atoms with Gasteiger partial charge in [-0.3, -0.25) is 9.78 Å². The van der Waals surface area contributed by atoms with E-state index in [-0.39, 0.29) is 5.91 Å². The van der Waals surface area contributed by atoms with E-state index in [1.165, 1.54) is 0 Å². The number of amides is 1. The normalized spacial score (nSPS) is 17.4. The molecule has 7 nitrogen and oxygen atoms in total. The maximum atomic E-state index is 12.3. The zero-order valence-corrected chi connectivity index (χ0v) is 11.5. The molecule has 1 amide bonds. The SMILES string of the molecule is NC1(C(=O)Nc2ccn(-c3ccncc3)n2)CCOCC1. The van der Waals surface area contributed by atoms with Gasteiger partial charge >= 0.3 is 0 Å². The van der Waals surface area contributed by atoms with Gasteiger partial charge in [-0.15, -0.1) is 0 Å². The molecule has 0 atom stereocenters. The average Bonchev–Trinajstić information content (AvgIpc) is 2.97. The summed E-state index contributed by atoms with van der Waals surface area (Å²) in [6.07, 6.45) is 6.18. The van der Waals surface area contributed by atoms with Crippen LogP contribution in [0.3, 0.4) is 0 Å². The van der Waals surface area contributed by atoms with Crippen molar-refractivity contribution in [3.63, 3.8) is 0 Å². The number of rotatable bonds is 3. The molecule has 1 aliphatic rings. The molecule has 2 aromatic rings. The lowest BCUT2D eigenvalue weighted by Gasteiger charge is -2.31. The van der Waals surface area contributed by atoms with Gasteiger partial charge in [-0.25, -0.2) is 4.68 Å². The van der Waals surface area contributed by atoms with Crippen LogP contribution >= 0.6 is 0 Å². The standard InChI is InChI=1S/C14H17N5O2/c15-14(4-9-21-10-5-14)13(20)17-12-3-8-19(18-12)11-1-6-16-7-2-11/h1-3,6-8H,4-5,9-10,15H2,(H,17,18,20). The van der Waals surface area contributed by atoms with Crippen molar-refractivity contribution >= 4 is 11.7 Å². The Morgan fingerprint density at radius 2 is 2.00 bits per heavy atom. The monoisotopic (exact) mass is 287 g/mol. The van der Waals surface area contributed by atoms with Gasteiger partial charge in [0.1, 0.15) is 5.54 Å². The molecule has 1 fully saturated rings. The lowest BCUT2D eigenvalue weighted by molar-refractivity contribution is -0.124. The van der Waals surface area contributed by atoms with E-state index in [1.54, 1.807) is 29.3 Å². The lowest BCUT2D eigenvalue weighted by atomic mass is 9.90. The Morgan fingerprint density at radius 1 is 1.29 bits per heavy atom. The third-order valence-electron chi connectivity index (χ3n) is 3.60. The first-order valence-electron chi connectivity index (χ1n) is 6.82. The lowest BCUT2D eigenvalue weighted by Crippen LogP contribution is -2.54. The number of hydrogen-bond acceptors (Lipinski definition) is 5. The molecule has 0 saturated carbocycles. The van der Waals surface area contributed by atoms with Gasteiger partial charge in [0.25, 0.3) is 0 Å². The highest BCUT2D eigenvalue weighted by atomic mass is 16.5. The number of nitrogens with one attached hydrogen (secondary N) is 1. The number of nitrogens with zero attached hydrogens (tertiary/aromatic N) is 3. The first-order chi connectivity index (χ1) is 10.2. The smallest absolute Gasteiger partial charge is 0.245 e. The van der Waals surface area contributed by atoms with Gasteiger partial charge in [-0.1, -0.05) is 0 Å². The highest BCUT2D eigenvalue weighted by molar-refractivity contribution is 5.97. The number of aromatic nitrogens is 3. The quantitative estimate of drug-likeness (QED) is 0.867. The fourth-order valence-corrected chi connectivity index (χ4v) is 2.23. The van der Waals surface area contributed by atoms with Crippen molar-refractivity contribution in [2.45, 2.75) is 18.4 Å². The topological polar surface area (TPSA) is 95.1 Å². The van der Waals surface area contributed by atoms with Crippen molar-refractivity contribution in [1.82, 2.24) is 14.8 Å². The van der Waals surface area contributed by atoms with Crippen LogP contribution in [0.4, 0.5) is 5.82 Å². The predicted molar refractivity (Wildman–Crippen MR) is 77.0 cm³/mol. The van der Waals surface area contributed by atoms with E-state index < -0.39 is 5.54 Å². The second kappa shape index (κ2) is 5.63. The third-order valence-corrected chi connectivity index (χ3v) is 3.60. The molecule has 7 heteroatoms. The van der Waals surface area contributed by atoms with Gasteiger partial charge in [0.2, 0.25) is 5.91 Å². The van der Waals surface area contributed by atoms with Crippen LogP contribution in [0.5, 0.6) is 0 Å². The summed E-state index contributed by atoms with van der Waals surface area (Å²) in [5, 5.41) is 7.09. The van der Waals surface area contributed by atoms with Crippen LogP contribution < -0.4 is 11.1 Å². The summed E-state index contributed by atoms with van der Waals surface area (Å²) in [5.74, 6) is 0.263. The van der Waals surface area contributed by atoms with Crippen molar-refractivity contribution in [3.8, 4) is 5.69 Å². The van der Waals surface area contributed by atoms with Crippen molar-refractivity contribution in [3.05, 3.63) is 36.8 Å². The number of ether oxygens (including phenoxy) is 1. The molecule has 110 valence electrons. The summed E-state index contributed by atoms with van der Waals surface area (Å²) in [6.45, 7) is 1.02. The maximum absolute atomic E-state index is 12.3. The summed E-state index contributed by atoms with van der Waals surface area (Å²) >= 11 is 0. The maximum Gasteiger partial charge on any atom is 0.245 e. The summed E-state index contributed by atoms with van der Waals surface area (Å²) in [6, 6.07) is 5.41. The molecule has 3 rings (SSSR count). The molecule has 2 aromatic heterocycles. The average molecular weight is 287 g/mol. The molecular weight excluding hydrogens is 270 g/mol. The molecule has 0 aromatic carbocycles. The van der Waals surface area contributed by atoms with Crippen LogP contribution in [-0.4, -0.2) is 39.4 Å². The molecule has 0 aliphatic carbocycles. The Morgan fingerprint density at radius 3 is 2.71 bits per heavy atom. The molecule has 1 aliphatic heterocycles. The molecule has 3 heterocycles. The second-order valence-electron chi connectivity index (χ2n) is 5.07. The molecule has 0 radical (unpaired) electrons. The number of hydrogen-bond donors (Lipinski definition) is 2. The molecule has 0 spiro atoms. The Kier molecular flexibility index (Phi) is 3.68. The fraction of sp³-hybridized carbons (Fsp3) is 0.357. The first-order valence-corrected chi connectivity index (χ1v) is 6.82. The first kappa shape index (κ1) is 13.7. The van der Waals surface area contributed by atoms with Crippen molar-refractivity contribution in [2.75, 3.05) is 18.5 Å². The van der Waals surface area contributed by atoms with Gasteiger partial charge in [-0.2, -0.15) is 5.10 Å². The Bertz CT molecular complexity index is 619. The van der Waals surface area contributed by atoms with Crippen LogP contribution in [0, 0.1) is 0 Å². The molecule has 0 unspecified atom stereocenters. The van der Waals surface area contributed by atoms with E-state index in [2.05, 4.69) is 15.4 Å². The fourth-order valence-electron chi connectivity index (χ4n) is 2.23.